The Hall–Kier alpha value is -3.98. The number of carbonyl (C=O) groups excluding carboxylic acids is 1. The fourth-order valence-electron chi connectivity index (χ4n) is 3.79. The van der Waals surface area contributed by atoms with E-state index in [4.69, 9.17) is 15.5 Å². The SMILES string of the molecule is CC(C)(C)OC(=O)NCCNC(Cc1nc(-c2cccc(N)c2)cn2ccnc12)c1ccncc1. The first kappa shape index (κ1) is 24.2. The number of hydrogen-bond donors (Lipinski definition) is 3. The van der Waals surface area contributed by atoms with Gasteiger partial charge in [-0.05, 0) is 50.6 Å². The Morgan fingerprint density at radius 2 is 1.94 bits per heavy atom. The largest absolute Gasteiger partial charge is 0.444 e. The minimum atomic E-state index is -0.535. The van der Waals surface area contributed by atoms with Crippen molar-refractivity contribution in [3.8, 4) is 11.3 Å². The number of nitrogens with two attached hydrogens (primary N) is 1. The summed E-state index contributed by atoms with van der Waals surface area (Å²) in [5, 5.41) is 6.32. The summed E-state index contributed by atoms with van der Waals surface area (Å²) in [7, 11) is 0. The van der Waals surface area contributed by atoms with Crippen LogP contribution >= 0.6 is 0 Å². The van der Waals surface area contributed by atoms with Gasteiger partial charge in [-0.2, -0.15) is 0 Å². The molecule has 3 heterocycles. The number of nitrogens with zero attached hydrogens (tertiary/aromatic N) is 4. The normalized spacial score (nSPS) is 12.4. The fourth-order valence-corrected chi connectivity index (χ4v) is 3.79. The summed E-state index contributed by atoms with van der Waals surface area (Å²) in [6, 6.07) is 11.6. The topological polar surface area (TPSA) is 119 Å². The molecule has 0 fully saturated rings. The van der Waals surface area contributed by atoms with Crippen molar-refractivity contribution in [1.29, 1.82) is 0 Å². The Balaban J connectivity index is 1.55. The van der Waals surface area contributed by atoms with Gasteiger partial charge in [0.1, 0.15) is 5.60 Å². The maximum absolute atomic E-state index is 12.0. The van der Waals surface area contributed by atoms with Crippen molar-refractivity contribution in [3.63, 3.8) is 0 Å². The van der Waals surface area contributed by atoms with Gasteiger partial charge in [-0.15, -0.1) is 0 Å². The molecule has 0 bridgehead atoms. The van der Waals surface area contributed by atoms with Gasteiger partial charge < -0.3 is 25.5 Å². The zero-order valence-corrected chi connectivity index (χ0v) is 20.2. The first-order valence-corrected chi connectivity index (χ1v) is 11.6. The number of hydrogen-bond acceptors (Lipinski definition) is 7. The third-order valence-corrected chi connectivity index (χ3v) is 5.32. The molecule has 0 aliphatic rings. The van der Waals surface area contributed by atoms with Crippen molar-refractivity contribution in [2.24, 2.45) is 0 Å². The maximum Gasteiger partial charge on any atom is 0.407 e. The lowest BCUT2D eigenvalue weighted by atomic mass is 10.0. The monoisotopic (exact) mass is 473 g/mol. The Kier molecular flexibility index (Phi) is 7.26. The molecule has 3 aromatic heterocycles. The summed E-state index contributed by atoms with van der Waals surface area (Å²) < 4.78 is 7.29. The molecule has 0 saturated heterocycles. The van der Waals surface area contributed by atoms with E-state index in [0.717, 1.165) is 28.2 Å². The molecule has 0 radical (unpaired) electrons. The van der Waals surface area contributed by atoms with Gasteiger partial charge in [0, 0.05) is 67.8 Å². The average molecular weight is 474 g/mol. The van der Waals surface area contributed by atoms with Crippen LogP contribution < -0.4 is 16.4 Å². The summed E-state index contributed by atoms with van der Waals surface area (Å²) in [6.45, 7) is 6.49. The zero-order chi connectivity index (χ0) is 24.8. The number of aromatic nitrogens is 4. The highest BCUT2D eigenvalue weighted by atomic mass is 16.6. The smallest absolute Gasteiger partial charge is 0.407 e. The summed E-state index contributed by atoms with van der Waals surface area (Å²) in [5.74, 6) is 0. The number of benzene rings is 1. The second kappa shape index (κ2) is 10.5. The second-order valence-corrected chi connectivity index (χ2v) is 9.28. The fraction of sp³-hybridized carbons (Fsp3) is 0.308. The number of anilines is 1. The predicted molar refractivity (Wildman–Crippen MR) is 136 cm³/mol. The highest BCUT2D eigenvalue weighted by molar-refractivity contribution is 5.67. The van der Waals surface area contributed by atoms with E-state index in [2.05, 4.69) is 20.6 Å². The molecule has 1 atom stereocenters. The van der Waals surface area contributed by atoms with E-state index in [1.807, 2.05) is 74.0 Å². The van der Waals surface area contributed by atoms with Crippen LogP contribution in [0.2, 0.25) is 0 Å². The molecule has 0 spiro atoms. The first-order chi connectivity index (χ1) is 16.8. The predicted octanol–water partition coefficient (Wildman–Crippen LogP) is 3.77. The van der Waals surface area contributed by atoms with Crippen LogP contribution in [-0.2, 0) is 11.2 Å². The lowest BCUT2D eigenvalue weighted by molar-refractivity contribution is 0.0528. The van der Waals surface area contributed by atoms with Crippen LogP contribution in [0, 0.1) is 0 Å². The van der Waals surface area contributed by atoms with Crippen molar-refractivity contribution in [2.45, 2.75) is 38.8 Å². The van der Waals surface area contributed by atoms with Crippen molar-refractivity contribution in [1.82, 2.24) is 30.0 Å². The summed E-state index contributed by atoms with van der Waals surface area (Å²) in [5.41, 5.74) is 10.6. The number of ether oxygens (including phenoxy) is 1. The Morgan fingerprint density at radius 1 is 1.14 bits per heavy atom. The third-order valence-electron chi connectivity index (χ3n) is 5.32. The quantitative estimate of drug-likeness (QED) is 0.263. The molecule has 9 heteroatoms. The standard InChI is InChI=1S/C26H31N7O2/c1-26(2,3)35-25(34)31-12-11-29-21(18-7-9-28-10-8-18)16-22-24-30-13-14-33(24)17-23(32-22)19-5-4-6-20(27)15-19/h4-10,13-15,17,21,29H,11-12,16,27H2,1-3H3,(H,31,34). The minimum absolute atomic E-state index is 0.0671. The number of pyridine rings is 1. The van der Waals surface area contributed by atoms with E-state index in [0.29, 0.717) is 25.2 Å². The van der Waals surface area contributed by atoms with E-state index in [9.17, 15) is 4.79 Å². The van der Waals surface area contributed by atoms with Gasteiger partial charge in [0.05, 0.1) is 11.4 Å². The Morgan fingerprint density at radius 3 is 2.69 bits per heavy atom. The Bertz CT molecular complexity index is 1280. The average Bonchev–Trinajstić information content (AvgIpc) is 3.29. The van der Waals surface area contributed by atoms with Crippen molar-refractivity contribution >= 4 is 17.4 Å². The van der Waals surface area contributed by atoms with Crippen molar-refractivity contribution in [3.05, 3.63) is 78.6 Å². The van der Waals surface area contributed by atoms with Gasteiger partial charge in [-0.3, -0.25) is 4.98 Å². The van der Waals surface area contributed by atoms with E-state index in [-0.39, 0.29) is 6.04 Å². The molecule has 0 aliphatic carbocycles. The van der Waals surface area contributed by atoms with Crippen LogP contribution in [0.15, 0.2) is 67.4 Å². The molecule has 35 heavy (non-hydrogen) atoms. The van der Waals surface area contributed by atoms with Crippen molar-refractivity contribution < 1.29 is 9.53 Å². The van der Waals surface area contributed by atoms with E-state index in [1.165, 1.54) is 0 Å². The van der Waals surface area contributed by atoms with Crippen LogP contribution in [0.4, 0.5) is 10.5 Å². The number of nitrogen functional groups attached to an aromatic ring is 1. The maximum atomic E-state index is 12.0. The Labute approximate surface area is 204 Å². The van der Waals surface area contributed by atoms with Gasteiger partial charge in [-0.1, -0.05) is 12.1 Å². The van der Waals surface area contributed by atoms with E-state index >= 15 is 0 Å². The second-order valence-electron chi connectivity index (χ2n) is 9.28. The summed E-state index contributed by atoms with van der Waals surface area (Å²) in [6.07, 6.45) is 9.33. The number of alkyl carbamates (subject to hydrolysis) is 1. The number of rotatable bonds is 8. The van der Waals surface area contributed by atoms with Crippen LogP contribution in [0.25, 0.3) is 16.9 Å². The lowest BCUT2D eigenvalue weighted by Gasteiger charge is -2.21. The molecular weight excluding hydrogens is 442 g/mol. The molecule has 0 aliphatic heterocycles. The number of nitrogens with one attached hydrogen (secondary N) is 2. The lowest BCUT2D eigenvalue weighted by Crippen LogP contribution is -2.37. The summed E-state index contributed by atoms with van der Waals surface area (Å²) in [4.78, 5) is 25.6. The molecule has 1 unspecified atom stereocenters. The molecular formula is C26H31N7O2. The first-order valence-electron chi connectivity index (χ1n) is 11.6. The number of fused-ring (bicyclic) bond motifs is 1. The van der Waals surface area contributed by atoms with Crippen LogP contribution in [-0.4, -0.2) is 44.1 Å². The molecule has 182 valence electrons. The van der Waals surface area contributed by atoms with Crippen LogP contribution in [0.1, 0.15) is 38.1 Å². The van der Waals surface area contributed by atoms with Gasteiger partial charge in [0.25, 0.3) is 0 Å². The van der Waals surface area contributed by atoms with E-state index in [1.54, 1.807) is 18.6 Å². The van der Waals surface area contributed by atoms with Crippen LogP contribution in [0.3, 0.4) is 0 Å². The number of amides is 1. The van der Waals surface area contributed by atoms with Crippen LogP contribution in [0.5, 0.6) is 0 Å². The molecule has 4 N–H and O–H groups in total. The number of imidazole rings is 1. The molecule has 1 amide bonds. The molecule has 4 aromatic rings. The van der Waals surface area contributed by atoms with Gasteiger partial charge in [0.2, 0.25) is 0 Å². The molecule has 4 rings (SSSR count). The van der Waals surface area contributed by atoms with Gasteiger partial charge >= 0.3 is 6.09 Å². The van der Waals surface area contributed by atoms with Crippen molar-refractivity contribution in [2.75, 3.05) is 18.8 Å². The highest BCUT2D eigenvalue weighted by Gasteiger charge is 2.18. The number of carbonyl (C=O) groups is 1. The zero-order valence-electron chi connectivity index (χ0n) is 20.2. The summed E-state index contributed by atoms with van der Waals surface area (Å²) >= 11 is 0. The highest BCUT2D eigenvalue weighted by Crippen LogP contribution is 2.24. The third kappa shape index (κ3) is 6.54. The molecule has 0 saturated carbocycles. The van der Waals surface area contributed by atoms with Gasteiger partial charge in [-0.25, -0.2) is 14.8 Å². The molecule has 9 nitrogen and oxygen atoms in total. The molecule has 1 aromatic carbocycles. The minimum Gasteiger partial charge on any atom is -0.444 e. The van der Waals surface area contributed by atoms with Gasteiger partial charge in [0.15, 0.2) is 5.65 Å². The van der Waals surface area contributed by atoms with E-state index < -0.39 is 11.7 Å².